The zero-order valence-corrected chi connectivity index (χ0v) is 7.93. The molecule has 0 saturated heterocycles. The molecule has 1 aromatic heterocycles. The van der Waals surface area contributed by atoms with Crippen molar-refractivity contribution in [3.63, 3.8) is 0 Å². The van der Waals surface area contributed by atoms with E-state index < -0.39 is 9.84 Å². The first-order chi connectivity index (χ1) is 5.47. The van der Waals surface area contributed by atoms with Crippen LogP contribution in [0.5, 0.6) is 0 Å². The van der Waals surface area contributed by atoms with Crippen LogP contribution in [-0.4, -0.2) is 19.7 Å². The number of nitrogens with zero attached hydrogens (tertiary/aromatic N) is 1. The van der Waals surface area contributed by atoms with E-state index >= 15 is 0 Å². The van der Waals surface area contributed by atoms with E-state index in [-0.39, 0.29) is 5.75 Å². The van der Waals surface area contributed by atoms with Gasteiger partial charge in [0.05, 0.1) is 11.4 Å². The van der Waals surface area contributed by atoms with Crippen LogP contribution < -0.4 is 0 Å². The van der Waals surface area contributed by atoms with Gasteiger partial charge in [0, 0.05) is 12.5 Å². The maximum absolute atomic E-state index is 10.9. The SMILES string of the molecule is Cc1ccnc(CS(C)(=O)=O)c1. The fourth-order valence-electron chi connectivity index (χ4n) is 0.946. The Labute approximate surface area is 72.4 Å². The number of aromatic nitrogens is 1. The second-order valence-corrected chi connectivity index (χ2v) is 5.03. The van der Waals surface area contributed by atoms with Gasteiger partial charge >= 0.3 is 0 Å². The highest BCUT2D eigenvalue weighted by molar-refractivity contribution is 7.89. The maximum atomic E-state index is 10.9. The van der Waals surface area contributed by atoms with Crippen LogP contribution in [0, 0.1) is 6.92 Å². The molecule has 0 amide bonds. The zero-order valence-electron chi connectivity index (χ0n) is 7.11. The molecule has 0 spiro atoms. The van der Waals surface area contributed by atoms with Crippen molar-refractivity contribution in [2.75, 3.05) is 6.26 Å². The smallest absolute Gasteiger partial charge is 0.153 e. The molecule has 0 atom stereocenters. The summed E-state index contributed by atoms with van der Waals surface area (Å²) in [5, 5.41) is 0. The minimum Gasteiger partial charge on any atom is -0.260 e. The summed E-state index contributed by atoms with van der Waals surface area (Å²) in [5.74, 6) is 0.0225. The van der Waals surface area contributed by atoms with Crippen LogP contribution >= 0.6 is 0 Å². The summed E-state index contributed by atoms with van der Waals surface area (Å²) < 4.78 is 21.7. The fourth-order valence-corrected chi connectivity index (χ4v) is 1.64. The number of hydrogen-bond acceptors (Lipinski definition) is 3. The molecule has 0 aliphatic heterocycles. The van der Waals surface area contributed by atoms with Gasteiger partial charge in [-0.3, -0.25) is 4.98 Å². The quantitative estimate of drug-likeness (QED) is 0.688. The molecule has 1 aromatic rings. The number of aryl methyl sites for hydroxylation is 1. The van der Waals surface area contributed by atoms with Gasteiger partial charge in [-0.25, -0.2) is 8.42 Å². The van der Waals surface area contributed by atoms with Crippen molar-refractivity contribution < 1.29 is 8.42 Å². The molecule has 0 radical (unpaired) electrons. The second-order valence-electron chi connectivity index (χ2n) is 2.89. The van der Waals surface area contributed by atoms with Crippen molar-refractivity contribution >= 4 is 9.84 Å². The standard InChI is InChI=1S/C8H11NO2S/c1-7-3-4-9-8(5-7)6-12(2,10)11/h3-5H,6H2,1-2H3. The van der Waals surface area contributed by atoms with E-state index in [9.17, 15) is 8.42 Å². The van der Waals surface area contributed by atoms with Gasteiger partial charge in [-0.05, 0) is 24.6 Å². The average molecular weight is 185 g/mol. The second kappa shape index (κ2) is 3.23. The van der Waals surface area contributed by atoms with Crippen molar-refractivity contribution in [1.82, 2.24) is 4.98 Å². The minimum absolute atomic E-state index is 0.0225. The van der Waals surface area contributed by atoms with Crippen molar-refractivity contribution in [2.45, 2.75) is 12.7 Å². The fraction of sp³-hybridized carbons (Fsp3) is 0.375. The summed E-state index contributed by atoms with van der Waals surface area (Å²) in [6.07, 6.45) is 2.83. The monoisotopic (exact) mass is 185 g/mol. The van der Waals surface area contributed by atoms with Gasteiger partial charge in [0.25, 0.3) is 0 Å². The Kier molecular flexibility index (Phi) is 2.47. The van der Waals surface area contributed by atoms with E-state index in [4.69, 9.17) is 0 Å². The Hall–Kier alpha value is -0.900. The van der Waals surface area contributed by atoms with E-state index in [1.165, 1.54) is 6.26 Å². The molecule has 0 N–H and O–H groups in total. The first-order valence-corrected chi connectivity index (χ1v) is 5.63. The molecular formula is C8H11NO2S. The van der Waals surface area contributed by atoms with E-state index in [0.29, 0.717) is 5.69 Å². The molecule has 0 aromatic carbocycles. The summed E-state index contributed by atoms with van der Waals surface area (Å²) in [5.41, 5.74) is 1.64. The Balaban J connectivity index is 2.91. The van der Waals surface area contributed by atoms with Crippen LogP contribution in [-0.2, 0) is 15.6 Å². The number of hydrogen-bond donors (Lipinski definition) is 0. The molecule has 0 saturated carbocycles. The van der Waals surface area contributed by atoms with Gasteiger partial charge in [-0.2, -0.15) is 0 Å². The molecule has 3 nitrogen and oxygen atoms in total. The first-order valence-electron chi connectivity index (χ1n) is 3.56. The number of rotatable bonds is 2. The summed E-state index contributed by atoms with van der Waals surface area (Å²) in [6, 6.07) is 3.62. The van der Waals surface area contributed by atoms with Crippen molar-refractivity contribution in [3.05, 3.63) is 29.6 Å². The van der Waals surface area contributed by atoms with Crippen LogP contribution in [0.2, 0.25) is 0 Å². The van der Waals surface area contributed by atoms with Gasteiger partial charge in [0.15, 0.2) is 9.84 Å². The van der Waals surface area contributed by atoms with Gasteiger partial charge in [0.2, 0.25) is 0 Å². The minimum atomic E-state index is -2.96. The average Bonchev–Trinajstić information content (AvgIpc) is 1.82. The summed E-state index contributed by atoms with van der Waals surface area (Å²) in [6.45, 7) is 1.91. The number of pyridine rings is 1. The van der Waals surface area contributed by atoms with Gasteiger partial charge in [0.1, 0.15) is 0 Å². The summed E-state index contributed by atoms with van der Waals surface area (Å²) in [7, 11) is -2.96. The predicted molar refractivity (Wildman–Crippen MR) is 47.5 cm³/mol. The molecule has 1 rings (SSSR count). The van der Waals surface area contributed by atoms with E-state index in [0.717, 1.165) is 5.56 Å². The van der Waals surface area contributed by atoms with E-state index in [2.05, 4.69) is 4.98 Å². The van der Waals surface area contributed by atoms with Crippen molar-refractivity contribution in [1.29, 1.82) is 0 Å². The highest BCUT2D eigenvalue weighted by Crippen LogP contribution is 2.03. The molecule has 66 valence electrons. The molecule has 12 heavy (non-hydrogen) atoms. The Morgan fingerprint density at radius 2 is 2.17 bits per heavy atom. The van der Waals surface area contributed by atoms with Crippen molar-refractivity contribution in [2.24, 2.45) is 0 Å². The molecule has 0 unspecified atom stereocenters. The summed E-state index contributed by atoms with van der Waals surface area (Å²) in [4.78, 5) is 3.95. The van der Waals surface area contributed by atoms with Gasteiger partial charge in [-0.1, -0.05) is 0 Å². The Bertz CT molecular complexity index is 370. The lowest BCUT2D eigenvalue weighted by molar-refractivity contribution is 0.600. The van der Waals surface area contributed by atoms with E-state index in [1.54, 1.807) is 12.3 Å². The lowest BCUT2D eigenvalue weighted by Gasteiger charge is -1.98. The van der Waals surface area contributed by atoms with Crippen LogP contribution in [0.15, 0.2) is 18.3 Å². The van der Waals surface area contributed by atoms with Crippen LogP contribution in [0.25, 0.3) is 0 Å². The molecule has 0 fully saturated rings. The Morgan fingerprint density at radius 1 is 1.50 bits per heavy atom. The maximum Gasteiger partial charge on any atom is 0.153 e. The molecule has 0 aliphatic carbocycles. The molecule has 4 heteroatoms. The third kappa shape index (κ3) is 3.00. The molecule has 0 bridgehead atoms. The van der Waals surface area contributed by atoms with Crippen LogP contribution in [0.3, 0.4) is 0 Å². The predicted octanol–water partition coefficient (Wildman–Crippen LogP) is 0.935. The van der Waals surface area contributed by atoms with Gasteiger partial charge in [-0.15, -0.1) is 0 Å². The topological polar surface area (TPSA) is 47.0 Å². The molecule has 0 aliphatic rings. The normalized spacial score (nSPS) is 11.5. The van der Waals surface area contributed by atoms with Crippen LogP contribution in [0.1, 0.15) is 11.3 Å². The summed E-state index contributed by atoms with van der Waals surface area (Å²) >= 11 is 0. The third-order valence-electron chi connectivity index (χ3n) is 1.38. The number of sulfone groups is 1. The zero-order chi connectivity index (χ0) is 9.19. The lowest BCUT2D eigenvalue weighted by atomic mass is 10.3. The van der Waals surface area contributed by atoms with Crippen molar-refractivity contribution in [3.8, 4) is 0 Å². The lowest BCUT2D eigenvalue weighted by Crippen LogP contribution is -2.02. The van der Waals surface area contributed by atoms with E-state index in [1.807, 2.05) is 13.0 Å². The highest BCUT2D eigenvalue weighted by Gasteiger charge is 2.04. The van der Waals surface area contributed by atoms with Gasteiger partial charge < -0.3 is 0 Å². The highest BCUT2D eigenvalue weighted by atomic mass is 32.2. The first kappa shape index (κ1) is 9.19. The molecular weight excluding hydrogens is 174 g/mol. The Morgan fingerprint density at radius 3 is 2.67 bits per heavy atom. The largest absolute Gasteiger partial charge is 0.260 e. The third-order valence-corrected chi connectivity index (χ3v) is 2.20. The molecule has 1 heterocycles. The van der Waals surface area contributed by atoms with Crippen LogP contribution in [0.4, 0.5) is 0 Å².